The van der Waals surface area contributed by atoms with Crippen molar-refractivity contribution in [2.45, 2.75) is 45.8 Å². The predicted octanol–water partition coefficient (Wildman–Crippen LogP) is 3.00. The van der Waals surface area contributed by atoms with Crippen molar-refractivity contribution in [3.8, 4) is 0 Å². The van der Waals surface area contributed by atoms with Crippen molar-refractivity contribution in [2.75, 3.05) is 7.05 Å². The summed E-state index contributed by atoms with van der Waals surface area (Å²) >= 11 is 0. The van der Waals surface area contributed by atoms with Crippen LogP contribution in [0.3, 0.4) is 0 Å². The summed E-state index contributed by atoms with van der Waals surface area (Å²) in [5.74, 6) is 0.479. The second-order valence-electron chi connectivity index (χ2n) is 5.32. The van der Waals surface area contributed by atoms with Crippen molar-refractivity contribution >= 4 is 5.91 Å². The lowest BCUT2D eigenvalue weighted by molar-refractivity contribution is -0.134. The minimum absolute atomic E-state index is 0.0943. The minimum atomic E-state index is -0.646. The summed E-state index contributed by atoms with van der Waals surface area (Å²) in [5, 5.41) is 10.3. The molecule has 0 aliphatic heterocycles. The fourth-order valence-electron chi connectivity index (χ4n) is 1.95. The molecule has 1 amide bonds. The molecule has 0 aromatic heterocycles. The number of aliphatic hydroxyl groups is 1. The summed E-state index contributed by atoms with van der Waals surface area (Å²) in [5.41, 5.74) is 0.846. The molecule has 19 heavy (non-hydrogen) atoms. The first kappa shape index (κ1) is 15.7. The number of likely N-dealkylation sites (N-methyl/N-ethyl adjacent to an activating group) is 1. The van der Waals surface area contributed by atoms with Gasteiger partial charge in [0.25, 0.3) is 0 Å². The standard InChI is InChI=1S/C16H25NO2/c1-5-12(2)11-15(18)17(4)13(3)16(19)14-9-7-6-8-10-14/h6-10,12-13,16,19H,5,11H2,1-4H3/t12-,13-,16+/m0/s1. The van der Waals surface area contributed by atoms with Crippen molar-refractivity contribution in [3.63, 3.8) is 0 Å². The summed E-state index contributed by atoms with van der Waals surface area (Å²) in [6.45, 7) is 6.04. The first-order valence-corrected chi connectivity index (χ1v) is 6.96. The van der Waals surface area contributed by atoms with Gasteiger partial charge in [-0.2, -0.15) is 0 Å². The number of hydrogen-bond donors (Lipinski definition) is 1. The van der Waals surface area contributed by atoms with Crippen molar-refractivity contribution in [3.05, 3.63) is 35.9 Å². The van der Waals surface area contributed by atoms with E-state index in [1.54, 1.807) is 11.9 Å². The zero-order chi connectivity index (χ0) is 14.4. The maximum atomic E-state index is 12.1. The zero-order valence-electron chi connectivity index (χ0n) is 12.3. The van der Waals surface area contributed by atoms with Crippen LogP contribution < -0.4 is 0 Å². The molecule has 3 atom stereocenters. The lowest BCUT2D eigenvalue weighted by Gasteiger charge is -2.30. The van der Waals surface area contributed by atoms with E-state index in [-0.39, 0.29) is 11.9 Å². The highest BCUT2D eigenvalue weighted by molar-refractivity contribution is 5.76. The van der Waals surface area contributed by atoms with Crippen LogP contribution in [0.1, 0.15) is 45.3 Å². The van der Waals surface area contributed by atoms with Crippen LogP contribution in [-0.2, 0) is 4.79 Å². The Morgan fingerprint density at radius 1 is 1.26 bits per heavy atom. The molecular formula is C16H25NO2. The molecule has 0 aliphatic rings. The van der Waals surface area contributed by atoms with Gasteiger partial charge in [0.15, 0.2) is 0 Å². The third-order valence-electron chi connectivity index (χ3n) is 3.82. The predicted molar refractivity (Wildman–Crippen MR) is 77.7 cm³/mol. The Balaban J connectivity index is 2.66. The van der Waals surface area contributed by atoms with Gasteiger partial charge >= 0.3 is 0 Å². The lowest BCUT2D eigenvalue weighted by atomic mass is 10.0. The molecule has 3 nitrogen and oxygen atoms in total. The quantitative estimate of drug-likeness (QED) is 0.857. The number of rotatable bonds is 6. The number of carbonyl (C=O) groups is 1. The van der Waals surface area contributed by atoms with Crippen LogP contribution in [0.2, 0.25) is 0 Å². The van der Waals surface area contributed by atoms with Gasteiger partial charge in [-0.15, -0.1) is 0 Å². The number of nitrogens with zero attached hydrogens (tertiary/aromatic N) is 1. The molecule has 106 valence electrons. The molecule has 0 fully saturated rings. The smallest absolute Gasteiger partial charge is 0.222 e. The monoisotopic (exact) mass is 263 g/mol. The van der Waals surface area contributed by atoms with Gasteiger partial charge in [0.1, 0.15) is 0 Å². The Morgan fingerprint density at radius 2 is 1.84 bits per heavy atom. The van der Waals surface area contributed by atoms with E-state index in [9.17, 15) is 9.90 Å². The van der Waals surface area contributed by atoms with E-state index < -0.39 is 6.10 Å². The minimum Gasteiger partial charge on any atom is -0.386 e. The topological polar surface area (TPSA) is 40.5 Å². The van der Waals surface area contributed by atoms with Crippen molar-refractivity contribution in [2.24, 2.45) is 5.92 Å². The van der Waals surface area contributed by atoms with Crippen molar-refractivity contribution in [1.29, 1.82) is 0 Å². The van der Waals surface area contributed by atoms with Gasteiger partial charge in [-0.25, -0.2) is 0 Å². The molecular weight excluding hydrogens is 238 g/mol. The van der Waals surface area contributed by atoms with E-state index in [1.165, 1.54) is 0 Å². The van der Waals surface area contributed by atoms with Gasteiger partial charge in [0.2, 0.25) is 5.91 Å². The maximum Gasteiger partial charge on any atom is 0.222 e. The molecule has 1 N–H and O–H groups in total. The van der Waals surface area contributed by atoms with Crippen LogP contribution in [0.15, 0.2) is 30.3 Å². The van der Waals surface area contributed by atoms with Gasteiger partial charge in [0.05, 0.1) is 12.1 Å². The molecule has 0 radical (unpaired) electrons. The van der Waals surface area contributed by atoms with Gasteiger partial charge in [-0.3, -0.25) is 4.79 Å². The highest BCUT2D eigenvalue weighted by atomic mass is 16.3. The first-order valence-electron chi connectivity index (χ1n) is 6.96. The van der Waals surface area contributed by atoms with E-state index in [0.717, 1.165) is 12.0 Å². The molecule has 0 aliphatic carbocycles. The average molecular weight is 263 g/mol. The fraction of sp³-hybridized carbons (Fsp3) is 0.562. The number of hydrogen-bond acceptors (Lipinski definition) is 2. The summed E-state index contributed by atoms with van der Waals surface area (Å²) in [6, 6.07) is 9.25. The van der Waals surface area contributed by atoms with E-state index in [0.29, 0.717) is 12.3 Å². The van der Waals surface area contributed by atoms with Gasteiger partial charge < -0.3 is 10.0 Å². The van der Waals surface area contributed by atoms with Crippen LogP contribution >= 0.6 is 0 Å². The average Bonchev–Trinajstić information content (AvgIpc) is 2.45. The molecule has 3 heteroatoms. The SMILES string of the molecule is CC[C@H](C)CC(=O)N(C)[C@@H](C)[C@@H](O)c1ccccc1. The third kappa shape index (κ3) is 4.35. The zero-order valence-corrected chi connectivity index (χ0v) is 12.3. The Labute approximate surface area is 116 Å². The van der Waals surface area contributed by atoms with E-state index in [1.807, 2.05) is 37.3 Å². The summed E-state index contributed by atoms with van der Waals surface area (Å²) < 4.78 is 0. The molecule has 0 bridgehead atoms. The first-order chi connectivity index (χ1) is 8.97. The highest BCUT2D eigenvalue weighted by Gasteiger charge is 2.24. The highest BCUT2D eigenvalue weighted by Crippen LogP contribution is 2.21. The van der Waals surface area contributed by atoms with Crippen LogP contribution in [0.25, 0.3) is 0 Å². The van der Waals surface area contributed by atoms with Gasteiger partial charge in [0, 0.05) is 13.5 Å². The largest absolute Gasteiger partial charge is 0.386 e. The lowest BCUT2D eigenvalue weighted by Crippen LogP contribution is -2.39. The molecule has 1 rings (SSSR count). The summed E-state index contributed by atoms with van der Waals surface area (Å²) in [6.07, 6.45) is 0.890. The molecule has 1 aromatic carbocycles. The second-order valence-corrected chi connectivity index (χ2v) is 5.32. The molecule has 1 aromatic rings. The molecule has 0 saturated heterocycles. The van der Waals surface area contributed by atoms with E-state index >= 15 is 0 Å². The summed E-state index contributed by atoms with van der Waals surface area (Å²) in [7, 11) is 1.77. The molecule has 0 heterocycles. The number of carbonyl (C=O) groups excluding carboxylic acids is 1. The van der Waals surface area contributed by atoms with Crippen molar-refractivity contribution in [1.82, 2.24) is 4.90 Å². The van der Waals surface area contributed by atoms with Crippen LogP contribution in [-0.4, -0.2) is 29.0 Å². The Hall–Kier alpha value is -1.35. The molecule has 0 saturated carbocycles. The van der Waals surface area contributed by atoms with Crippen LogP contribution in [0.4, 0.5) is 0 Å². The Kier molecular flexibility index (Phi) is 6.03. The van der Waals surface area contributed by atoms with Crippen molar-refractivity contribution < 1.29 is 9.90 Å². The Bertz CT molecular complexity index is 391. The fourth-order valence-corrected chi connectivity index (χ4v) is 1.95. The number of aliphatic hydroxyl groups excluding tert-OH is 1. The summed E-state index contributed by atoms with van der Waals surface area (Å²) in [4.78, 5) is 13.8. The van der Waals surface area contributed by atoms with Gasteiger partial charge in [-0.1, -0.05) is 50.6 Å². The van der Waals surface area contributed by atoms with Crippen LogP contribution in [0.5, 0.6) is 0 Å². The van der Waals surface area contributed by atoms with E-state index in [2.05, 4.69) is 13.8 Å². The molecule has 0 unspecified atom stereocenters. The number of amides is 1. The maximum absolute atomic E-state index is 12.1. The number of benzene rings is 1. The Morgan fingerprint density at radius 3 is 2.37 bits per heavy atom. The normalized spacial score (nSPS) is 15.6. The van der Waals surface area contributed by atoms with E-state index in [4.69, 9.17) is 0 Å². The van der Waals surface area contributed by atoms with Gasteiger partial charge in [-0.05, 0) is 18.4 Å². The van der Waals surface area contributed by atoms with Crippen LogP contribution in [0, 0.1) is 5.92 Å². The molecule has 0 spiro atoms. The third-order valence-corrected chi connectivity index (χ3v) is 3.82. The second kappa shape index (κ2) is 7.29.